The molecule has 1 N–H and O–H groups in total. The smallest absolute Gasteiger partial charge is 0.225 e. The molecule has 1 aliphatic heterocycles. The van der Waals surface area contributed by atoms with Crippen molar-refractivity contribution < 1.29 is 14.3 Å². The molecule has 1 aliphatic carbocycles. The summed E-state index contributed by atoms with van der Waals surface area (Å²) in [6, 6.07) is 4.01. The number of aromatic nitrogens is 4. The first kappa shape index (κ1) is 21.6. The Hall–Kier alpha value is -3.27. The Balaban J connectivity index is 1.55. The lowest BCUT2D eigenvalue weighted by molar-refractivity contribution is -0.134. The number of carbonyl (C=O) groups is 2. The Morgan fingerprint density at radius 2 is 2.03 bits per heavy atom. The van der Waals surface area contributed by atoms with Crippen molar-refractivity contribution in [3.05, 3.63) is 30.2 Å². The van der Waals surface area contributed by atoms with Crippen LogP contribution in [0.25, 0.3) is 21.8 Å². The normalized spacial score (nSPS) is 19.2. The third-order valence-corrected chi connectivity index (χ3v) is 7.20. The van der Waals surface area contributed by atoms with Crippen molar-refractivity contribution in [2.45, 2.75) is 45.3 Å². The fourth-order valence-corrected chi connectivity index (χ4v) is 5.68. The maximum atomic E-state index is 12.5. The predicted molar refractivity (Wildman–Crippen MR) is 125 cm³/mol. The second kappa shape index (κ2) is 8.58. The highest BCUT2D eigenvalue weighted by Crippen LogP contribution is 2.49. The lowest BCUT2D eigenvalue weighted by Gasteiger charge is -2.30. The van der Waals surface area contributed by atoms with E-state index in [4.69, 9.17) is 9.84 Å². The van der Waals surface area contributed by atoms with E-state index in [1.807, 2.05) is 26.2 Å². The summed E-state index contributed by atoms with van der Waals surface area (Å²) in [6.07, 6.45) is 6.89. The van der Waals surface area contributed by atoms with E-state index in [1.165, 1.54) is 18.3 Å². The van der Waals surface area contributed by atoms with E-state index in [1.54, 1.807) is 17.3 Å². The molecule has 3 aromatic heterocycles. The van der Waals surface area contributed by atoms with Gasteiger partial charge in [0.05, 0.1) is 10.9 Å². The van der Waals surface area contributed by atoms with E-state index < -0.39 is 0 Å². The van der Waals surface area contributed by atoms with Gasteiger partial charge in [-0.05, 0) is 37.8 Å². The van der Waals surface area contributed by atoms with E-state index in [9.17, 15) is 9.59 Å². The Kier molecular flexibility index (Phi) is 5.61. The highest BCUT2D eigenvalue weighted by atomic mass is 32.1. The first-order chi connectivity index (χ1) is 15.9. The topological polar surface area (TPSA) is 102 Å². The van der Waals surface area contributed by atoms with Gasteiger partial charge in [0.2, 0.25) is 11.8 Å². The number of nitrogens with one attached hydrogen (secondary N) is 1. The molecule has 1 fully saturated rings. The van der Waals surface area contributed by atoms with Gasteiger partial charge in [-0.25, -0.2) is 4.98 Å². The Labute approximate surface area is 195 Å². The van der Waals surface area contributed by atoms with Crippen molar-refractivity contribution in [3.63, 3.8) is 0 Å². The molecule has 0 atom stereocenters. The number of hydrogen-bond acceptors (Lipinski definition) is 7. The molecule has 4 heterocycles. The fourth-order valence-electron chi connectivity index (χ4n) is 4.63. The van der Waals surface area contributed by atoms with Crippen molar-refractivity contribution >= 4 is 28.3 Å². The number of fused-ring (bicyclic) bond motifs is 3. The average Bonchev–Trinajstić information content (AvgIpc) is 3.39. The van der Waals surface area contributed by atoms with Crippen LogP contribution in [-0.2, 0) is 16.2 Å². The second-order valence-electron chi connectivity index (χ2n) is 8.72. The summed E-state index contributed by atoms with van der Waals surface area (Å²) in [5.41, 5.74) is 3.34. The van der Waals surface area contributed by atoms with E-state index in [-0.39, 0.29) is 23.8 Å². The summed E-state index contributed by atoms with van der Waals surface area (Å²) in [5.74, 6) is 0.817. The van der Waals surface area contributed by atoms with Crippen LogP contribution in [-0.4, -0.2) is 50.6 Å². The molecule has 3 aromatic rings. The lowest BCUT2D eigenvalue weighted by Crippen LogP contribution is -2.33. The number of ether oxygens (including phenoxy) is 1. The second-order valence-corrected chi connectivity index (χ2v) is 9.71. The molecule has 9 nitrogen and oxygen atoms in total. The van der Waals surface area contributed by atoms with Crippen LogP contribution in [0.1, 0.15) is 44.3 Å². The van der Waals surface area contributed by atoms with Gasteiger partial charge in [0.1, 0.15) is 23.7 Å². The van der Waals surface area contributed by atoms with E-state index in [0.717, 1.165) is 59.0 Å². The zero-order valence-electron chi connectivity index (χ0n) is 18.9. The molecule has 1 saturated carbocycles. The van der Waals surface area contributed by atoms with Gasteiger partial charge in [-0.2, -0.15) is 5.10 Å². The van der Waals surface area contributed by atoms with Gasteiger partial charge in [0, 0.05) is 44.9 Å². The minimum Gasteiger partial charge on any atom is -0.483 e. The van der Waals surface area contributed by atoms with Gasteiger partial charge in [0.25, 0.3) is 0 Å². The molecule has 2 aliphatic rings. The van der Waals surface area contributed by atoms with Gasteiger partial charge in [-0.3, -0.25) is 19.3 Å². The summed E-state index contributed by atoms with van der Waals surface area (Å²) in [5, 5.41) is 8.35. The average molecular weight is 467 g/mol. The maximum Gasteiger partial charge on any atom is 0.225 e. The van der Waals surface area contributed by atoms with Crippen molar-refractivity contribution in [3.8, 4) is 27.6 Å². The monoisotopic (exact) mass is 466 g/mol. The Bertz CT molecular complexity index is 1190. The summed E-state index contributed by atoms with van der Waals surface area (Å²) < 4.78 is 8.23. The predicted octanol–water partition coefficient (Wildman–Crippen LogP) is 3.74. The standard InChI is InChI=1S/C23H26N6O3S/c1-13(30)25-23-26-17-12-32-20-18(15-5-4-10-24-11-15)27-29(19(20)21(17)33-23)16-8-6-14(7-9-16)22(31)28(2)3/h4-5,10-11,14,16H,6-9,12H2,1-3H3,(H,25,26,30)/t14-,16-. The SMILES string of the molecule is CC(=O)Nc1nc2c(s1)-c1c(c(-c3cccnc3)nn1[C@H]1CC[C@H](C(=O)N(C)C)CC1)OC2. The van der Waals surface area contributed by atoms with Crippen molar-refractivity contribution in [2.24, 2.45) is 5.92 Å². The molecule has 0 bridgehead atoms. The molecule has 5 rings (SSSR count). The van der Waals surface area contributed by atoms with E-state index >= 15 is 0 Å². The molecule has 172 valence electrons. The molecule has 0 aromatic carbocycles. The number of amides is 2. The first-order valence-electron chi connectivity index (χ1n) is 11.1. The molecule has 10 heteroatoms. The molecular formula is C23H26N6O3S. The molecule has 33 heavy (non-hydrogen) atoms. The van der Waals surface area contributed by atoms with Crippen LogP contribution in [0.5, 0.6) is 5.75 Å². The van der Waals surface area contributed by atoms with Crippen LogP contribution in [0.2, 0.25) is 0 Å². The number of anilines is 1. The number of thiazole rings is 1. The van der Waals surface area contributed by atoms with Crippen LogP contribution in [0.4, 0.5) is 5.13 Å². The number of hydrogen-bond donors (Lipinski definition) is 1. The Morgan fingerprint density at radius 3 is 2.70 bits per heavy atom. The molecule has 0 radical (unpaired) electrons. The summed E-state index contributed by atoms with van der Waals surface area (Å²) >= 11 is 1.44. The van der Waals surface area contributed by atoms with E-state index in [2.05, 4.69) is 20.0 Å². The van der Waals surface area contributed by atoms with Gasteiger partial charge in [-0.1, -0.05) is 11.3 Å². The highest BCUT2D eigenvalue weighted by molar-refractivity contribution is 7.19. The quantitative estimate of drug-likeness (QED) is 0.628. The summed E-state index contributed by atoms with van der Waals surface area (Å²) in [7, 11) is 3.63. The fraction of sp³-hybridized carbons (Fsp3) is 0.435. The van der Waals surface area contributed by atoms with Crippen molar-refractivity contribution in [2.75, 3.05) is 19.4 Å². The lowest BCUT2D eigenvalue weighted by atomic mass is 9.85. The molecule has 2 amide bonds. The van der Waals surface area contributed by atoms with Crippen LogP contribution in [0.3, 0.4) is 0 Å². The van der Waals surface area contributed by atoms with Gasteiger partial charge >= 0.3 is 0 Å². The maximum absolute atomic E-state index is 12.5. The third kappa shape index (κ3) is 3.99. The molecular weight excluding hydrogens is 440 g/mol. The largest absolute Gasteiger partial charge is 0.483 e. The van der Waals surface area contributed by atoms with Gasteiger partial charge in [-0.15, -0.1) is 0 Å². The number of rotatable bonds is 4. The molecule has 0 unspecified atom stereocenters. The minimum atomic E-state index is -0.157. The van der Waals surface area contributed by atoms with Gasteiger partial charge < -0.3 is 15.0 Å². The van der Waals surface area contributed by atoms with Crippen LogP contribution >= 0.6 is 11.3 Å². The van der Waals surface area contributed by atoms with Crippen molar-refractivity contribution in [1.82, 2.24) is 24.6 Å². The van der Waals surface area contributed by atoms with E-state index in [0.29, 0.717) is 11.7 Å². The van der Waals surface area contributed by atoms with Crippen LogP contribution in [0, 0.1) is 5.92 Å². The summed E-state index contributed by atoms with van der Waals surface area (Å²) in [4.78, 5) is 35.5. The minimum absolute atomic E-state index is 0.0574. The summed E-state index contributed by atoms with van der Waals surface area (Å²) in [6.45, 7) is 1.79. The zero-order chi connectivity index (χ0) is 23.1. The highest BCUT2D eigenvalue weighted by Gasteiger charge is 2.35. The van der Waals surface area contributed by atoms with Gasteiger partial charge in [0.15, 0.2) is 10.9 Å². The van der Waals surface area contributed by atoms with Crippen molar-refractivity contribution in [1.29, 1.82) is 0 Å². The number of pyridine rings is 1. The zero-order valence-corrected chi connectivity index (χ0v) is 19.7. The Morgan fingerprint density at radius 1 is 1.24 bits per heavy atom. The number of carbonyl (C=O) groups excluding carboxylic acids is 2. The molecule has 0 spiro atoms. The van der Waals surface area contributed by atoms with Crippen LogP contribution < -0.4 is 10.1 Å². The number of nitrogens with zero attached hydrogens (tertiary/aromatic N) is 5. The van der Waals surface area contributed by atoms with Crippen LogP contribution in [0.15, 0.2) is 24.5 Å². The first-order valence-corrected chi connectivity index (χ1v) is 11.9. The molecule has 0 saturated heterocycles. The third-order valence-electron chi connectivity index (χ3n) is 6.18.